The number of rotatable bonds is 3. The largest absolute Gasteiger partial charge is 0.327 e. The van der Waals surface area contributed by atoms with Gasteiger partial charge in [0.2, 0.25) is 0 Å². The Bertz CT molecular complexity index is 664. The lowest BCUT2D eigenvalue weighted by Crippen LogP contribution is -2.73. The molecule has 5 rings (SSSR count). The maximum atomic E-state index is 13.8. The second-order valence-electron chi connectivity index (χ2n) is 6.47. The van der Waals surface area contributed by atoms with Crippen LogP contribution in [0.25, 0.3) is 0 Å². The molecule has 0 N–H and O–H groups in total. The number of halogens is 2. The monoisotopic (exact) mass is 367 g/mol. The van der Waals surface area contributed by atoms with Crippen LogP contribution < -0.4 is 0 Å². The van der Waals surface area contributed by atoms with E-state index in [0.717, 1.165) is 25.2 Å². The summed E-state index contributed by atoms with van der Waals surface area (Å²) in [6.07, 6.45) is 4.60. The van der Waals surface area contributed by atoms with Crippen molar-refractivity contribution in [1.82, 2.24) is 14.8 Å². The zero-order chi connectivity index (χ0) is 15.5. The molecule has 4 fully saturated rings. The molecule has 4 aliphatic rings. The van der Waals surface area contributed by atoms with Crippen LogP contribution >= 0.6 is 15.9 Å². The maximum absolute atomic E-state index is 13.8. The van der Waals surface area contributed by atoms with Crippen LogP contribution in [0.2, 0.25) is 0 Å². The quantitative estimate of drug-likeness (QED) is 0.764. The molecule has 0 aromatic carbocycles. The average Bonchev–Trinajstić information content (AvgIpc) is 2.37. The number of amides is 2. The Kier molecular flexibility index (Phi) is 3.04. The van der Waals surface area contributed by atoms with Crippen molar-refractivity contribution in [3.63, 3.8) is 0 Å². The van der Waals surface area contributed by atoms with Gasteiger partial charge in [0.1, 0.15) is 5.82 Å². The topological polar surface area (TPSA) is 53.5 Å². The van der Waals surface area contributed by atoms with E-state index >= 15 is 0 Å². The average molecular weight is 368 g/mol. The number of hydrogen-bond acceptors (Lipinski definition) is 3. The minimum absolute atomic E-state index is 0.0349. The normalized spacial score (nSPS) is 30.2. The molecule has 22 heavy (non-hydrogen) atoms. The van der Waals surface area contributed by atoms with Gasteiger partial charge in [-0.15, -0.1) is 0 Å². The van der Waals surface area contributed by atoms with Crippen molar-refractivity contribution < 1.29 is 14.0 Å². The summed E-state index contributed by atoms with van der Waals surface area (Å²) in [6, 6.07) is 1.31. The Morgan fingerprint density at radius 2 is 2.00 bits per heavy atom. The van der Waals surface area contributed by atoms with Gasteiger partial charge in [-0.2, -0.15) is 0 Å². The Balaban J connectivity index is 1.48. The fraction of sp³-hybridized carbons (Fsp3) is 0.533. The molecule has 0 atom stereocenters. The molecule has 2 bridgehead atoms. The first-order valence-corrected chi connectivity index (χ1v) is 8.19. The van der Waals surface area contributed by atoms with Crippen molar-refractivity contribution in [3.05, 3.63) is 28.2 Å². The molecule has 3 aliphatic carbocycles. The van der Waals surface area contributed by atoms with E-state index in [2.05, 4.69) is 20.9 Å². The molecular weight excluding hydrogens is 353 g/mol. The lowest BCUT2D eigenvalue weighted by Gasteiger charge is -2.66. The summed E-state index contributed by atoms with van der Waals surface area (Å²) in [5.74, 6) is -0.708. The fourth-order valence-electron chi connectivity index (χ4n) is 3.78. The summed E-state index contributed by atoms with van der Waals surface area (Å²) in [5.41, 5.74) is 0.147. The summed E-state index contributed by atoms with van der Waals surface area (Å²) < 4.78 is 14.4. The smallest absolute Gasteiger partial charge is 0.312 e. The van der Waals surface area contributed by atoms with Gasteiger partial charge in [0.15, 0.2) is 0 Å². The summed E-state index contributed by atoms with van der Waals surface area (Å²) in [6.45, 7) is 1.01. The van der Waals surface area contributed by atoms with E-state index in [4.69, 9.17) is 0 Å². The van der Waals surface area contributed by atoms with E-state index in [9.17, 15) is 14.0 Å². The van der Waals surface area contributed by atoms with Crippen LogP contribution in [0.3, 0.4) is 0 Å². The molecule has 0 radical (unpaired) electrons. The first kappa shape index (κ1) is 14.1. The lowest BCUT2D eigenvalue weighted by molar-refractivity contribution is -0.186. The van der Waals surface area contributed by atoms with Gasteiger partial charge in [0.05, 0.1) is 12.2 Å². The van der Waals surface area contributed by atoms with Crippen molar-refractivity contribution in [2.45, 2.75) is 31.3 Å². The number of aromatic nitrogens is 1. The van der Waals surface area contributed by atoms with E-state index in [1.165, 1.54) is 17.2 Å². The first-order valence-electron chi connectivity index (χ1n) is 7.39. The van der Waals surface area contributed by atoms with Gasteiger partial charge in [-0.1, -0.05) is 0 Å². The van der Waals surface area contributed by atoms with E-state index in [-0.39, 0.29) is 17.8 Å². The van der Waals surface area contributed by atoms with Gasteiger partial charge < -0.3 is 9.80 Å². The molecule has 1 saturated heterocycles. The third-order valence-electron chi connectivity index (χ3n) is 5.11. The molecule has 7 heteroatoms. The van der Waals surface area contributed by atoms with Crippen molar-refractivity contribution in [2.24, 2.45) is 5.92 Å². The number of carbonyl (C=O) groups excluding carboxylic acids is 2. The molecule has 116 valence electrons. The minimum atomic E-state index is -0.542. The van der Waals surface area contributed by atoms with Gasteiger partial charge in [-0.05, 0) is 47.2 Å². The van der Waals surface area contributed by atoms with E-state index in [1.807, 2.05) is 0 Å². The van der Waals surface area contributed by atoms with Gasteiger partial charge in [-0.3, -0.25) is 14.6 Å². The summed E-state index contributed by atoms with van der Waals surface area (Å²) >= 11 is 3.15. The van der Waals surface area contributed by atoms with Crippen molar-refractivity contribution in [3.8, 4) is 0 Å². The number of hydrogen-bond donors (Lipinski definition) is 0. The zero-order valence-electron chi connectivity index (χ0n) is 11.9. The second kappa shape index (κ2) is 4.75. The van der Waals surface area contributed by atoms with Crippen LogP contribution in [0.1, 0.15) is 25.0 Å². The molecular formula is C15H15BrFN3O2. The number of carbonyl (C=O) groups is 2. The molecule has 0 unspecified atom stereocenters. The standard InChI is InChI=1S/C15H15BrFN3O2/c16-10-3-11(17)12(18-7-10)8-19-1-2-20(14(22)13(19)21)15-4-9(5-15)6-15/h3,7,9H,1-2,4-6,8H2. The summed E-state index contributed by atoms with van der Waals surface area (Å²) in [4.78, 5) is 31.8. The Morgan fingerprint density at radius 3 is 2.59 bits per heavy atom. The second-order valence-corrected chi connectivity index (χ2v) is 7.38. The predicted octanol–water partition coefficient (Wildman–Crippen LogP) is 1.71. The van der Waals surface area contributed by atoms with Crippen molar-refractivity contribution in [2.75, 3.05) is 13.1 Å². The lowest BCUT2D eigenvalue weighted by atomic mass is 9.49. The minimum Gasteiger partial charge on any atom is -0.327 e. The molecule has 1 aromatic heterocycles. The molecule has 0 spiro atoms. The number of pyridine rings is 1. The van der Waals surface area contributed by atoms with Crippen LogP contribution in [0.5, 0.6) is 0 Å². The highest BCUT2D eigenvalue weighted by molar-refractivity contribution is 9.10. The fourth-order valence-corrected chi connectivity index (χ4v) is 4.08. The predicted molar refractivity (Wildman–Crippen MR) is 79.1 cm³/mol. The molecule has 5 nitrogen and oxygen atoms in total. The van der Waals surface area contributed by atoms with Crippen LogP contribution in [0, 0.1) is 11.7 Å². The Labute approximate surface area is 135 Å². The molecule has 2 amide bonds. The van der Waals surface area contributed by atoms with Crippen LogP contribution in [0.15, 0.2) is 16.7 Å². The van der Waals surface area contributed by atoms with Crippen LogP contribution in [0.4, 0.5) is 4.39 Å². The highest BCUT2D eigenvalue weighted by atomic mass is 79.9. The van der Waals surface area contributed by atoms with Crippen molar-refractivity contribution in [1.29, 1.82) is 0 Å². The third-order valence-corrected chi connectivity index (χ3v) is 5.55. The van der Waals surface area contributed by atoms with Gasteiger partial charge in [0.25, 0.3) is 0 Å². The van der Waals surface area contributed by atoms with E-state index in [1.54, 1.807) is 4.90 Å². The highest BCUT2D eigenvalue weighted by Gasteiger charge is 2.62. The van der Waals surface area contributed by atoms with Gasteiger partial charge in [-0.25, -0.2) is 4.39 Å². The SMILES string of the molecule is O=C1C(=O)N(C23CC(C2)C3)CCN1Cc1ncc(Br)cc1F. The molecule has 3 saturated carbocycles. The number of nitrogens with zero attached hydrogens (tertiary/aromatic N) is 3. The molecule has 1 aromatic rings. The molecule has 1 aliphatic heterocycles. The van der Waals surface area contributed by atoms with Gasteiger partial charge >= 0.3 is 11.8 Å². The van der Waals surface area contributed by atoms with Crippen LogP contribution in [-0.4, -0.2) is 45.2 Å². The third kappa shape index (κ3) is 1.98. The highest BCUT2D eigenvalue weighted by Crippen LogP contribution is 2.60. The summed E-state index contributed by atoms with van der Waals surface area (Å²) in [7, 11) is 0. The van der Waals surface area contributed by atoms with Gasteiger partial charge in [0, 0.05) is 29.3 Å². The molecule has 2 heterocycles. The number of piperazine rings is 1. The van der Waals surface area contributed by atoms with Crippen molar-refractivity contribution >= 4 is 27.7 Å². The first-order chi connectivity index (χ1) is 10.5. The Hall–Kier alpha value is -1.50. The van der Waals surface area contributed by atoms with Crippen LogP contribution in [-0.2, 0) is 16.1 Å². The maximum Gasteiger partial charge on any atom is 0.312 e. The zero-order valence-corrected chi connectivity index (χ0v) is 13.5. The van der Waals surface area contributed by atoms with E-state index in [0.29, 0.717) is 17.6 Å². The Morgan fingerprint density at radius 1 is 1.27 bits per heavy atom. The summed E-state index contributed by atoms with van der Waals surface area (Å²) in [5, 5.41) is 0. The van der Waals surface area contributed by atoms with E-state index < -0.39 is 17.6 Å².